The summed E-state index contributed by atoms with van der Waals surface area (Å²) in [5.41, 5.74) is 0.586. The van der Waals surface area contributed by atoms with Crippen molar-refractivity contribution in [3.05, 3.63) is 11.4 Å². The third-order valence-corrected chi connectivity index (χ3v) is 3.01. The second-order valence-electron chi connectivity index (χ2n) is 4.02. The van der Waals surface area contributed by atoms with Crippen LogP contribution in [0.2, 0.25) is 0 Å². The summed E-state index contributed by atoms with van der Waals surface area (Å²) >= 11 is 0. The summed E-state index contributed by atoms with van der Waals surface area (Å²) in [7, 11) is 0. The van der Waals surface area contributed by atoms with Crippen molar-refractivity contribution in [2.24, 2.45) is 0 Å². The molecule has 1 fully saturated rings. The van der Waals surface area contributed by atoms with Gasteiger partial charge < -0.3 is 5.11 Å². The van der Waals surface area contributed by atoms with Gasteiger partial charge in [-0.15, -0.1) is 5.10 Å². The number of hydrogen-bond acceptors (Lipinski definition) is 3. The Morgan fingerprint density at radius 3 is 2.75 bits per heavy atom. The van der Waals surface area contributed by atoms with E-state index < -0.39 is 12.6 Å². The van der Waals surface area contributed by atoms with E-state index in [4.69, 9.17) is 5.11 Å². The SMILES string of the molecule is O=C(O)c1nnn(CCF)c1C1CCCC1. The van der Waals surface area contributed by atoms with E-state index in [2.05, 4.69) is 10.3 Å². The van der Waals surface area contributed by atoms with Gasteiger partial charge in [-0.25, -0.2) is 13.9 Å². The van der Waals surface area contributed by atoms with Crippen LogP contribution >= 0.6 is 0 Å². The van der Waals surface area contributed by atoms with Crippen molar-refractivity contribution in [3.8, 4) is 0 Å². The van der Waals surface area contributed by atoms with E-state index in [1.54, 1.807) is 0 Å². The number of hydrogen-bond donors (Lipinski definition) is 1. The first-order valence-corrected chi connectivity index (χ1v) is 5.46. The zero-order valence-corrected chi connectivity index (χ0v) is 8.90. The van der Waals surface area contributed by atoms with Crippen LogP contribution in [-0.2, 0) is 6.54 Å². The van der Waals surface area contributed by atoms with Gasteiger partial charge in [0.15, 0.2) is 5.69 Å². The van der Waals surface area contributed by atoms with Crippen LogP contribution in [0.3, 0.4) is 0 Å². The van der Waals surface area contributed by atoms with E-state index in [-0.39, 0.29) is 18.2 Å². The molecule has 0 spiro atoms. The predicted octanol–water partition coefficient (Wildman–Crippen LogP) is 1.60. The molecular weight excluding hydrogens is 213 g/mol. The lowest BCUT2D eigenvalue weighted by Crippen LogP contribution is -2.12. The van der Waals surface area contributed by atoms with Gasteiger partial charge >= 0.3 is 5.97 Å². The van der Waals surface area contributed by atoms with E-state index in [9.17, 15) is 9.18 Å². The Morgan fingerprint density at radius 2 is 2.19 bits per heavy atom. The number of carbonyl (C=O) groups is 1. The quantitative estimate of drug-likeness (QED) is 0.848. The fraction of sp³-hybridized carbons (Fsp3) is 0.700. The van der Waals surface area contributed by atoms with Crippen LogP contribution in [0.15, 0.2) is 0 Å². The molecule has 1 aliphatic carbocycles. The molecule has 0 unspecified atom stereocenters. The standard InChI is InChI=1S/C10H14FN3O2/c11-5-6-14-9(7-3-1-2-4-7)8(10(15)16)12-13-14/h7H,1-6H2,(H,15,16). The molecule has 16 heavy (non-hydrogen) atoms. The number of carboxylic acid groups (broad SMARTS) is 1. The number of aryl methyl sites for hydroxylation is 1. The van der Waals surface area contributed by atoms with Gasteiger partial charge in [0, 0.05) is 5.92 Å². The fourth-order valence-corrected chi connectivity index (χ4v) is 2.32. The number of rotatable bonds is 4. The van der Waals surface area contributed by atoms with Crippen molar-refractivity contribution in [1.82, 2.24) is 15.0 Å². The Hall–Kier alpha value is -1.46. The first-order chi connectivity index (χ1) is 7.74. The van der Waals surface area contributed by atoms with Crippen LogP contribution in [0.25, 0.3) is 0 Å². The van der Waals surface area contributed by atoms with Crippen LogP contribution in [0.5, 0.6) is 0 Å². The number of nitrogens with zero attached hydrogens (tertiary/aromatic N) is 3. The summed E-state index contributed by atoms with van der Waals surface area (Å²) in [5, 5.41) is 16.3. The largest absolute Gasteiger partial charge is 0.476 e. The summed E-state index contributed by atoms with van der Waals surface area (Å²) in [6, 6.07) is 0. The smallest absolute Gasteiger partial charge is 0.358 e. The molecule has 0 aliphatic heterocycles. The molecule has 88 valence electrons. The van der Waals surface area contributed by atoms with Gasteiger partial charge in [0.05, 0.1) is 12.2 Å². The maximum Gasteiger partial charge on any atom is 0.358 e. The van der Waals surface area contributed by atoms with Crippen molar-refractivity contribution in [3.63, 3.8) is 0 Å². The Bertz CT molecular complexity index is 385. The van der Waals surface area contributed by atoms with E-state index in [0.29, 0.717) is 5.69 Å². The van der Waals surface area contributed by atoms with Gasteiger partial charge in [-0.05, 0) is 12.8 Å². The molecule has 1 saturated carbocycles. The van der Waals surface area contributed by atoms with Crippen molar-refractivity contribution in [2.75, 3.05) is 6.67 Å². The maximum atomic E-state index is 12.3. The lowest BCUT2D eigenvalue weighted by Gasteiger charge is -2.11. The third kappa shape index (κ3) is 1.91. The average Bonchev–Trinajstić information content (AvgIpc) is 2.84. The molecule has 0 amide bonds. The Balaban J connectivity index is 2.35. The zero-order valence-electron chi connectivity index (χ0n) is 8.90. The Morgan fingerprint density at radius 1 is 1.50 bits per heavy atom. The lowest BCUT2D eigenvalue weighted by atomic mass is 10.0. The number of carboxylic acids is 1. The molecule has 0 aromatic carbocycles. The van der Waals surface area contributed by atoms with Gasteiger partial charge in [-0.1, -0.05) is 18.1 Å². The first-order valence-electron chi connectivity index (χ1n) is 5.46. The molecule has 0 bridgehead atoms. The number of halogens is 1. The zero-order chi connectivity index (χ0) is 11.5. The van der Waals surface area contributed by atoms with E-state index in [1.165, 1.54) is 4.68 Å². The molecule has 5 nitrogen and oxygen atoms in total. The molecule has 1 aromatic heterocycles. The number of aromatic nitrogens is 3. The summed E-state index contributed by atoms with van der Waals surface area (Å²) in [5.74, 6) is -0.903. The van der Waals surface area contributed by atoms with Crippen molar-refractivity contribution in [1.29, 1.82) is 0 Å². The van der Waals surface area contributed by atoms with Crippen LogP contribution < -0.4 is 0 Å². The van der Waals surface area contributed by atoms with Crippen LogP contribution in [-0.4, -0.2) is 32.7 Å². The highest BCUT2D eigenvalue weighted by molar-refractivity contribution is 5.86. The molecule has 6 heteroatoms. The summed E-state index contributed by atoms with van der Waals surface area (Å²) < 4.78 is 13.7. The van der Waals surface area contributed by atoms with Crippen LogP contribution in [0.1, 0.15) is 47.8 Å². The van der Waals surface area contributed by atoms with Gasteiger partial charge in [-0.3, -0.25) is 0 Å². The average molecular weight is 227 g/mol. The summed E-state index contributed by atoms with van der Waals surface area (Å²) in [4.78, 5) is 11.0. The Kier molecular flexibility index (Phi) is 3.17. The second-order valence-corrected chi connectivity index (χ2v) is 4.02. The molecule has 0 radical (unpaired) electrons. The normalized spacial score (nSPS) is 16.8. The first kappa shape index (κ1) is 11.0. The van der Waals surface area contributed by atoms with Gasteiger partial charge in [0.2, 0.25) is 0 Å². The van der Waals surface area contributed by atoms with Crippen molar-refractivity contribution >= 4 is 5.97 Å². The minimum absolute atomic E-state index is 0.0136. The molecule has 2 rings (SSSR count). The second kappa shape index (κ2) is 4.59. The fourth-order valence-electron chi connectivity index (χ4n) is 2.32. The highest BCUT2D eigenvalue weighted by Crippen LogP contribution is 2.35. The molecule has 0 atom stereocenters. The van der Waals surface area contributed by atoms with Gasteiger partial charge in [-0.2, -0.15) is 0 Å². The molecule has 0 saturated heterocycles. The molecule has 1 heterocycles. The van der Waals surface area contributed by atoms with Gasteiger partial charge in [0.1, 0.15) is 6.67 Å². The highest BCUT2D eigenvalue weighted by Gasteiger charge is 2.28. The lowest BCUT2D eigenvalue weighted by molar-refractivity contribution is 0.0688. The van der Waals surface area contributed by atoms with E-state index in [1.807, 2.05) is 0 Å². The predicted molar refractivity (Wildman–Crippen MR) is 54.2 cm³/mol. The molecule has 1 N–H and O–H groups in total. The highest BCUT2D eigenvalue weighted by atomic mass is 19.1. The minimum atomic E-state index is -1.08. The topological polar surface area (TPSA) is 68.0 Å². The van der Waals surface area contributed by atoms with E-state index >= 15 is 0 Å². The van der Waals surface area contributed by atoms with E-state index in [0.717, 1.165) is 25.7 Å². The van der Waals surface area contributed by atoms with Crippen LogP contribution in [0, 0.1) is 0 Å². The maximum absolute atomic E-state index is 12.3. The number of aromatic carboxylic acids is 1. The summed E-state index contributed by atoms with van der Waals surface area (Å²) in [6.45, 7) is -0.464. The van der Waals surface area contributed by atoms with Crippen molar-refractivity contribution < 1.29 is 14.3 Å². The monoisotopic (exact) mass is 227 g/mol. The van der Waals surface area contributed by atoms with Crippen LogP contribution in [0.4, 0.5) is 4.39 Å². The molecule has 1 aliphatic rings. The summed E-state index contributed by atoms with van der Waals surface area (Å²) in [6.07, 6.45) is 4.06. The molecular formula is C10H14FN3O2. The number of alkyl halides is 1. The molecule has 1 aromatic rings. The van der Waals surface area contributed by atoms with Gasteiger partial charge in [0.25, 0.3) is 0 Å². The Labute approximate surface area is 92.3 Å². The van der Waals surface area contributed by atoms with Crippen molar-refractivity contribution in [2.45, 2.75) is 38.1 Å². The third-order valence-electron chi connectivity index (χ3n) is 3.01. The minimum Gasteiger partial charge on any atom is -0.476 e.